The number of hydrogen-bond donors (Lipinski definition) is 0. The molecule has 0 radical (unpaired) electrons. The number of allylic oxidation sites excluding steroid dienone is 3. The van der Waals surface area contributed by atoms with Gasteiger partial charge in [0.2, 0.25) is 0 Å². The maximum absolute atomic E-state index is 7.44. The third-order valence-electron chi connectivity index (χ3n) is 19.2. The summed E-state index contributed by atoms with van der Waals surface area (Å²) in [5, 5.41) is 10.4. The zero-order chi connectivity index (χ0) is 56.7. The summed E-state index contributed by atoms with van der Waals surface area (Å²) in [6.07, 6.45) is 15.1. The first kappa shape index (κ1) is 49.0. The molecule has 2 aliphatic carbocycles. The highest BCUT2D eigenvalue weighted by atomic mass is 31.3. The molecule has 7 heterocycles. The van der Waals surface area contributed by atoms with Gasteiger partial charge in [-0.1, -0.05) is 225 Å². The molecule has 15 aromatic rings. The molecule has 12 heteroatoms. The molecule has 0 fully saturated rings. The van der Waals surface area contributed by atoms with Crippen molar-refractivity contribution in [2.75, 3.05) is 4.67 Å². The molecule has 0 spiro atoms. The molecule has 19 rings (SSSR count). The van der Waals surface area contributed by atoms with E-state index in [9.17, 15) is 0 Å². The van der Waals surface area contributed by atoms with Gasteiger partial charge in [0.05, 0.1) is 55.2 Å². The Morgan fingerprint density at radius 3 is 1.13 bits per heavy atom. The normalized spacial score (nSPS) is 22.1. The van der Waals surface area contributed by atoms with Crippen LogP contribution in [0.1, 0.15) is 48.9 Å². The number of anilines is 1. The molecular weight excluding hydrogens is 1110 g/mol. The summed E-state index contributed by atoms with van der Waals surface area (Å²) < 4.78 is 38.5. The predicted octanol–water partition coefficient (Wildman–Crippen LogP) is 22.0. The van der Waals surface area contributed by atoms with Crippen LogP contribution in [0.4, 0.5) is 5.69 Å². The molecule has 0 amide bonds. The van der Waals surface area contributed by atoms with E-state index < -0.39 is 28.1 Å². The molecule has 9 nitrogen and oxygen atoms in total. The molecule has 2 aliphatic heterocycles. The van der Waals surface area contributed by atoms with E-state index in [1.54, 1.807) is 0 Å². The van der Waals surface area contributed by atoms with Crippen molar-refractivity contribution in [2.24, 2.45) is 13.5 Å². The molecule has 86 heavy (non-hydrogen) atoms. The van der Waals surface area contributed by atoms with Crippen molar-refractivity contribution in [3.63, 3.8) is 0 Å². The van der Waals surface area contributed by atoms with Crippen molar-refractivity contribution >= 4 is 132 Å². The van der Waals surface area contributed by atoms with Gasteiger partial charge >= 0.3 is 0 Å². The van der Waals surface area contributed by atoms with Crippen LogP contribution in [0.25, 0.3) is 104 Å². The Morgan fingerprint density at radius 2 is 0.698 bits per heavy atom. The third kappa shape index (κ3) is 6.15. The number of fused-ring (bicyclic) bond motifs is 18. The van der Waals surface area contributed by atoms with E-state index in [0.717, 1.165) is 105 Å². The Balaban J connectivity index is 1.22. The average Bonchev–Trinajstić information content (AvgIpc) is 1.38. The van der Waals surface area contributed by atoms with Gasteiger partial charge in [0.15, 0.2) is 0 Å². The smallest absolute Gasteiger partial charge is 0.283 e. The van der Waals surface area contributed by atoms with Crippen LogP contribution in [-0.4, -0.2) is 27.2 Å². The highest BCUT2D eigenvalue weighted by Crippen LogP contribution is 2.86. The minimum absolute atomic E-state index is 0.0431. The van der Waals surface area contributed by atoms with Gasteiger partial charge < -0.3 is 0 Å². The van der Waals surface area contributed by atoms with E-state index in [4.69, 9.17) is 13.5 Å². The molecular formula is C74H56N9P3. The Labute approximate surface area is 496 Å². The van der Waals surface area contributed by atoms with E-state index in [1.165, 1.54) is 22.2 Å². The van der Waals surface area contributed by atoms with Crippen LogP contribution in [0.2, 0.25) is 0 Å². The monoisotopic (exact) mass is 1160 g/mol. The van der Waals surface area contributed by atoms with Gasteiger partial charge in [-0.25, -0.2) is 0 Å². The van der Waals surface area contributed by atoms with Crippen LogP contribution in [0.15, 0.2) is 287 Å². The molecule has 0 saturated heterocycles. The summed E-state index contributed by atoms with van der Waals surface area (Å²) in [6.45, 7) is 4.89. The highest BCUT2D eigenvalue weighted by molar-refractivity contribution is 7.86. The van der Waals surface area contributed by atoms with Crippen molar-refractivity contribution < 1.29 is 0 Å². The second kappa shape index (κ2) is 17.6. The molecule has 0 bridgehead atoms. The van der Waals surface area contributed by atoms with Crippen LogP contribution in [0, 0.1) is 0 Å². The SMILES string of the molecule is CC1CC=Cc2c1n(P1(n3c4ccccc4c4ccccc43)=NP(n3c4ccccc4c4ccccc43)(n3c4ccccc4c4ccccc43)=NP(N3c4ccccc4C4C=CC=CC43C)(n3c4ccccc4c4ccccc43)=N1)c1ccccc21. The van der Waals surface area contributed by atoms with E-state index in [1.807, 2.05) is 0 Å². The topological polar surface area (TPSA) is 65.0 Å². The summed E-state index contributed by atoms with van der Waals surface area (Å²) in [5.41, 5.74) is 13.8. The summed E-state index contributed by atoms with van der Waals surface area (Å²) in [6, 6.07) is 90.8. The Morgan fingerprint density at radius 1 is 0.372 bits per heavy atom. The van der Waals surface area contributed by atoms with Gasteiger partial charge in [0.25, 0.3) is 22.5 Å². The minimum Gasteiger partial charge on any atom is -0.294 e. The largest absolute Gasteiger partial charge is 0.294 e. The summed E-state index contributed by atoms with van der Waals surface area (Å²) in [7, 11) is -12.0. The van der Waals surface area contributed by atoms with E-state index in [0.29, 0.717) is 0 Å². The van der Waals surface area contributed by atoms with Crippen LogP contribution in [0.3, 0.4) is 0 Å². The molecule has 4 aliphatic rings. The Kier molecular flexibility index (Phi) is 10.0. The maximum Gasteiger partial charge on any atom is 0.283 e. The van der Waals surface area contributed by atoms with Crippen molar-refractivity contribution in [3.05, 3.63) is 290 Å². The van der Waals surface area contributed by atoms with Gasteiger partial charge in [0.1, 0.15) is 0 Å². The second-order valence-corrected chi connectivity index (χ2v) is 31.5. The molecule has 0 saturated carbocycles. The van der Waals surface area contributed by atoms with Crippen LogP contribution in [-0.2, 0) is 0 Å². The molecule has 10 aromatic carbocycles. The minimum atomic E-state index is -4.01. The van der Waals surface area contributed by atoms with Crippen LogP contribution in [0.5, 0.6) is 0 Å². The lowest BCUT2D eigenvalue weighted by Gasteiger charge is -2.49. The first-order chi connectivity index (χ1) is 42.4. The predicted molar refractivity (Wildman–Crippen MR) is 365 cm³/mol. The second-order valence-electron chi connectivity index (χ2n) is 23.7. The zero-order valence-corrected chi connectivity index (χ0v) is 50.0. The van der Waals surface area contributed by atoms with E-state index in [-0.39, 0.29) is 11.8 Å². The first-order valence-corrected chi connectivity index (χ1v) is 34.7. The molecule has 412 valence electrons. The van der Waals surface area contributed by atoms with Crippen molar-refractivity contribution in [1.82, 2.24) is 21.7 Å². The Bertz CT molecular complexity index is 5450. The number of nitrogens with zero attached hydrogens (tertiary/aromatic N) is 9. The molecule has 5 atom stereocenters. The van der Waals surface area contributed by atoms with E-state index in [2.05, 4.69) is 319 Å². The molecule has 0 N–H and O–H groups in total. The number of aromatic nitrogens is 5. The van der Waals surface area contributed by atoms with Crippen molar-refractivity contribution in [1.29, 1.82) is 0 Å². The van der Waals surface area contributed by atoms with Gasteiger partial charge in [-0.15, -0.1) is 0 Å². The van der Waals surface area contributed by atoms with E-state index >= 15 is 0 Å². The van der Waals surface area contributed by atoms with Crippen LogP contribution >= 0.6 is 22.5 Å². The van der Waals surface area contributed by atoms with Gasteiger partial charge in [-0.05, 0) is 79.6 Å². The summed E-state index contributed by atoms with van der Waals surface area (Å²) >= 11 is 0. The number of hydrogen-bond acceptors (Lipinski definition) is 4. The van der Waals surface area contributed by atoms with Gasteiger partial charge in [0, 0.05) is 77.3 Å². The summed E-state index contributed by atoms with van der Waals surface area (Å²) in [5.74, 6) is 0.0473. The fourth-order valence-corrected chi connectivity index (χ4v) is 31.4. The lowest BCUT2D eigenvalue weighted by atomic mass is 9.81. The molecule has 5 unspecified atom stereocenters. The fourth-order valence-electron chi connectivity index (χ4n) is 15.7. The Hall–Kier alpha value is -9.35. The van der Waals surface area contributed by atoms with Crippen LogP contribution < -0.4 is 4.67 Å². The standard InChI is InChI=1S/C74H56N9P3/c1-50-26-25-37-60-59-35-11-21-47-71(59)82(73(50)60)85(80-67-43-17-7-31-55(67)56-32-8-18-44-68(56)80)75-84(78-63-39-13-3-27-51(63)52-28-4-14-40-64(52)78,79-65-41-15-5-29-53(65)54-30-6-16-42-66(54)79)76-86(77-85,81-69-45-19-9-33-57(69)58-34-10-20-46-70(58)81)83-72-48-22-12-36-61(72)62-38-23-24-49-74(62,83)2/h3-25,27-50,62H,26H2,1-2H3. The lowest BCUT2D eigenvalue weighted by molar-refractivity contribution is 0.557. The summed E-state index contributed by atoms with van der Waals surface area (Å²) in [4.78, 5) is 0. The highest BCUT2D eigenvalue weighted by Gasteiger charge is 2.58. The zero-order valence-electron chi connectivity index (χ0n) is 47.3. The first-order valence-electron chi connectivity index (χ1n) is 29.9. The van der Waals surface area contributed by atoms with Crippen molar-refractivity contribution in [2.45, 2.75) is 37.6 Å². The maximum atomic E-state index is 7.44. The average molecular weight is 1160 g/mol. The van der Waals surface area contributed by atoms with Gasteiger partial charge in [-0.2, -0.15) is 13.5 Å². The third-order valence-corrected chi connectivity index (χ3v) is 30.9. The number of benzene rings is 10. The quantitative estimate of drug-likeness (QED) is 0.153. The lowest BCUT2D eigenvalue weighted by Crippen LogP contribution is -2.44. The number of para-hydroxylation sites is 10. The van der Waals surface area contributed by atoms with Crippen molar-refractivity contribution in [3.8, 4) is 0 Å². The molecule has 5 aromatic heterocycles. The number of rotatable bonds is 6. The van der Waals surface area contributed by atoms with Gasteiger partial charge in [-0.3, -0.25) is 26.4 Å². The fraction of sp³-hybridized carbons (Fsp3) is 0.0811.